The highest BCUT2D eigenvalue weighted by Crippen LogP contribution is 2.19. The Bertz CT molecular complexity index is 879. The second-order valence-electron chi connectivity index (χ2n) is 6.58. The third kappa shape index (κ3) is 5.02. The van der Waals surface area contributed by atoms with E-state index in [-0.39, 0.29) is 30.1 Å². The molecule has 0 unspecified atom stereocenters. The molecule has 0 saturated heterocycles. The molecular formula is C23H23F2N2O+. The zero-order valence-corrected chi connectivity index (χ0v) is 15.7. The first kappa shape index (κ1) is 19.7. The average Bonchev–Trinajstić information content (AvgIpc) is 2.71. The van der Waals surface area contributed by atoms with Crippen LogP contribution in [0.1, 0.15) is 29.7 Å². The summed E-state index contributed by atoms with van der Waals surface area (Å²) in [7, 11) is 0. The van der Waals surface area contributed by atoms with Crippen LogP contribution in [0, 0.1) is 11.6 Å². The van der Waals surface area contributed by atoms with E-state index in [0.717, 1.165) is 28.8 Å². The summed E-state index contributed by atoms with van der Waals surface area (Å²) in [5.74, 6) is -0.777. The summed E-state index contributed by atoms with van der Waals surface area (Å²) in [6, 6.07) is 19.7. The van der Waals surface area contributed by atoms with Crippen LogP contribution in [0.25, 0.3) is 0 Å². The van der Waals surface area contributed by atoms with E-state index in [9.17, 15) is 13.6 Å². The SMILES string of the molecule is CCc1ccccc1NC(=O)C[NH2+]C(c1ccc(F)cc1)c1ccc(F)cc1. The summed E-state index contributed by atoms with van der Waals surface area (Å²) in [6.45, 7) is 2.22. The molecule has 3 aromatic rings. The van der Waals surface area contributed by atoms with Gasteiger partial charge in [-0.25, -0.2) is 8.78 Å². The van der Waals surface area contributed by atoms with Crippen LogP contribution in [-0.2, 0) is 11.2 Å². The molecule has 0 bridgehead atoms. The largest absolute Gasteiger partial charge is 0.328 e. The molecule has 0 atom stereocenters. The van der Waals surface area contributed by atoms with Gasteiger partial charge in [-0.3, -0.25) is 4.79 Å². The average molecular weight is 381 g/mol. The second-order valence-corrected chi connectivity index (χ2v) is 6.58. The predicted molar refractivity (Wildman–Crippen MR) is 106 cm³/mol. The maximum atomic E-state index is 13.3. The molecule has 144 valence electrons. The number of carbonyl (C=O) groups excluding carboxylic acids is 1. The van der Waals surface area contributed by atoms with Crippen LogP contribution in [-0.4, -0.2) is 12.5 Å². The molecule has 1 amide bonds. The van der Waals surface area contributed by atoms with Gasteiger partial charge in [-0.1, -0.05) is 25.1 Å². The van der Waals surface area contributed by atoms with Gasteiger partial charge in [-0.15, -0.1) is 0 Å². The smallest absolute Gasteiger partial charge is 0.279 e. The first-order chi connectivity index (χ1) is 13.6. The molecule has 0 saturated carbocycles. The summed E-state index contributed by atoms with van der Waals surface area (Å²) in [4.78, 5) is 12.5. The van der Waals surface area contributed by atoms with Crippen molar-refractivity contribution in [1.29, 1.82) is 0 Å². The topological polar surface area (TPSA) is 45.7 Å². The molecule has 0 spiro atoms. The zero-order chi connectivity index (χ0) is 19.9. The normalized spacial score (nSPS) is 10.9. The number of halogens is 2. The Labute approximate surface area is 163 Å². The summed E-state index contributed by atoms with van der Waals surface area (Å²) in [5.41, 5.74) is 3.57. The molecule has 0 heterocycles. The number of nitrogens with one attached hydrogen (secondary N) is 1. The molecule has 3 nitrogen and oxygen atoms in total. The lowest BCUT2D eigenvalue weighted by Crippen LogP contribution is -2.87. The summed E-state index contributed by atoms with van der Waals surface area (Å²) >= 11 is 0. The lowest BCUT2D eigenvalue weighted by Gasteiger charge is -2.17. The lowest BCUT2D eigenvalue weighted by atomic mass is 9.98. The number of para-hydroxylation sites is 1. The number of benzene rings is 3. The molecule has 0 aromatic heterocycles. The van der Waals surface area contributed by atoms with Crippen LogP contribution in [0.3, 0.4) is 0 Å². The molecule has 3 rings (SSSR count). The fraction of sp³-hybridized carbons (Fsp3) is 0.174. The van der Waals surface area contributed by atoms with E-state index in [1.54, 1.807) is 24.3 Å². The molecule has 5 heteroatoms. The Morgan fingerprint density at radius 3 is 1.96 bits per heavy atom. The van der Waals surface area contributed by atoms with Gasteiger partial charge in [0.05, 0.1) is 0 Å². The first-order valence-electron chi connectivity index (χ1n) is 9.29. The van der Waals surface area contributed by atoms with Gasteiger partial charge in [-0.2, -0.15) is 0 Å². The number of hydrogen-bond acceptors (Lipinski definition) is 1. The lowest BCUT2D eigenvalue weighted by molar-refractivity contribution is -0.676. The third-order valence-corrected chi connectivity index (χ3v) is 4.67. The van der Waals surface area contributed by atoms with Crippen molar-refractivity contribution in [2.24, 2.45) is 0 Å². The highest BCUT2D eigenvalue weighted by Gasteiger charge is 2.19. The molecular weight excluding hydrogens is 358 g/mol. The van der Waals surface area contributed by atoms with Gasteiger partial charge in [0.15, 0.2) is 6.54 Å². The maximum absolute atomic E-state index is 13.3. The van der Waals surface area contributed by atoms with E-state index in [0.29, 0.717) is 0 Å². The van der Waals surface area contributed by atoms with Crippen LogP contribution in [0.15, 0.2) is 72.8 Å². The van der Waals surface area contributed by atoms with Gasteiger partial charge in [0.2, 0.25) is 0 Å². The Morgan fingerprint density at radius 2 is 1.43 bits per heavy atom. The summed E-state index contributed by atoms with van der Waals surface area (Å²) in [6.07, 6.45) is 0.827. The monoisotopic (exact) mass is 381 g/mol. The highest BCUT2D eigenvalue weighted by molar-refractivity contribution is 5.92. The minimum atomic E-state index is -0.324. The maximum Gasteiger partial charge on any atom is 0.279 e. The molecule has 0 aliphatic heterocycles. The van der Waals surface area contributed by atoms with Gasteiger partial charge >= 0.3 is 0 Å². The van der Waals surface area contributed by atoms with Crippen LogP contribution in [0.2, 0.25) is 0 Å². The van der Waals surface area contributed by atoms with Crippen LogP contribution >= 0.6 is 0 Å². The number of quaternary nitrogens is 1. The molecule has 0 aliphatic carbocycles. The Balaban J connectivity index is 1.75. The Morgan fingerprint density at radius 1 is 0.893 bits per heavy atom. The van der Waals surface area contributed by atoms with E-state index in [2.05, 4.69) is 5.32 Å². The molecule has 3 N–H and O–H groups in total. The second kappa shape index (κ2) is 9.24. The Kier molecular flexibility index (Phi) is 6.50. The van der Waals surface area contributed by atoms with Crippen molar-refractivity contribution in [3.05, 3.63) is 101 Å². The van der Waals surface area contributed by atoms with E-state index in [1.165, 1.54) is 24.3 Å². The molecule has 0 fully saturated rings. The third-order valence-electron chi connectivity index (χ3n) is 4.67. The van der Waals surface area contributed by atoms with Gasteiger partial charge in [0.1, 0.15) is 17.7 Å². The van der Waals surface area contributed by atoms with Crippen molar-refractivity contribution >= 4 is 11.6 Å². The van der Waals surface area contributed by atoms with E-state index in [4.69, 9.17) is 0 Å². The Hall–Kier alpha value is -3.05. The fourth-order valence-electron chi connectivity index (χ4n) is 3.18. The standard InChI is InChI=1S/C23H22F2N2O/c1-2-16-5-3-4-6-21(16)27-22(28)15-26-23(17-7-11-19(24)12-8-17)18-9-13-20(25)14-10-18/h3-14,23,26H,2,15H2,1H3,(H,27,28)/p+1. The van der Waals surface area contributed by atoms with Crippen LogP contribution in [0.4, 0.5) is 14.5 Å². The van der Waals surface area contributed by atoms with Crippen molar-refractivity contribution in [3.63, 3.8) is 0 Å². The van der Waals surface area contributed by atoms with Crippen molar-refractivity contribution in [1.82, 2.24) is 0 Å². The quantitative estimate of drug-likeness (QED) is 0.642. The number of anilines is 1. The minimum Gasteiger partial charge on any atom is -0.328 e. The number of carbonyl (C=O) groups is 1. The van der Waals surface area contributed by atoms with Crippen LogP contribution < -0.4 is 10.6 Å². The van der Waals surface area contributed by atoms with Gasteiger partial charge < -0.3 is 10.6 Å². The van der Waals surface area contributed by atoms with Crippen molar-refractivity contribution in [3.8, 4) is 0 Å². The van der Waals surface area contributed by atoms with E-state index in [1.807, 2.05) is 36.5 Å². The zero-order valence-electron chi connectivity index (χ0n) is 15.7. The van der Waals surface area contributed by atoms with Crippen molar-refractivity contribution < 1.29 is 18.9 Å². The molecule has 28 heavy (non-hydrogen) atoms. The van der Waals surface area contributed by atoms with E-state index < -0.39 is 0 Å². The molecule has 0 radical (unpaired) electrons. The molecule has 0 aliphatic rings. The van der Waals surface area contributed by atoms with E-state index >= 15 is 0 Å². The van der Waals surface area contributed by atoms with Gasteiger partial charge in [0, 0.05) is 16.8 Å². The fourth-order valence-corrected chi connectivity index (χ4v) is 3.18. The number of rotatable bonds is 7. The van der Waals surface area contributed by atoms with Gasteiger partial charge in [0.25, 0.3) is 5.91 Å². The predicted octanol–water partition coefficient (Wildman–Crippen LogP) is 3.82. The van der Waals surface area contributed by atoms with Gasteiger partial charge in [-0.05, 0) is 66.6 Å². The minimum absolute atomic E-state index is 0.130. The van der Waals surface area contributed by atoms with Crippen molar-refractivity contribution in [2.75, 3.05) is 11.9 Å². The number of amides is 1. The highest BCUT2D eigenvalue weighted by atomic mass is 19.1. The first-order valence-corrected chi connectivity index (χ1v) is 9.29. The molecule has 3 aromatic carbocycles. The summed E-state index contributed by atoms with van der Waals surface area (Å²) < 4.78 is 26.6. The van der Waals surface area contributed by atoms with Crippen LogP contribution in [0.5, 0.6) is 0 Å². The number of nitrogens with two attached hydrogens (primary N) is 1. The summed E-state index contributed by atoms with van der Waals surface area (Å²) in [5, 5.41) is 4.81. The number of hydrogen-bond donors (Lipinski definition) is 2. The number of aryl methyl sites for hydroxylation is 1. The van der Waals surface area contributed by atoms with Crippen molar-refractivity contribution in [2.45, 2.75) is 19.4 Å².